The van der Waals surface area contributed by atoms with E-state index < -0.39 is 0 Å². The van der Waals surface area contributed by atoms with Crippen molar-refractivity contribution in [3.63, 3.8) is 0 Å². The molecule has 8 aromatic carbocycles. The summed E-state index contributed by atoms with van der Waals surface area (Å²) in [6.07, 6.45) is 0. The van der Waals surface area contributed by atoms with Crippen LogP contribution in [0.15, 0.2) is 140 Å². The normalized spacial score (nSPS) is 14.7. The van der Waals surface area contributed by atoms with Gasteiger partial charge in [-0.1, -0.05) is 173 Å². The molecule has 0 atom stereocenters. The summed E-state index contributed by atoms with van der Waals surface area (Å²) in [5.74, 6) is 0. The Morgan fingerprint density at radius 1 is 0.408 bits per heavy atom. The number of anilines is 6. The van der Waals surface area contributed by atoms with Gasteiger partial charge in [-0.25, -0.2) is 0 Å². The van der Waals surface area contributed by atoms with Crippen LogP contribution in [0.2, 0.25) is 0 Å². The largest absolute Gasteiger partial charge is 0.311 e. The van der Waals surface area contributed by atoms with Gasteiger partial charge >= 0.3 is 0 Å². The quantitative estimate of drug-likeness (QED) is 0.164. The number of benzene rings is 8. The summed E-state index contributed by atoms with van der Waals surface area (Å²) in [5, 5.41) is 2.56. The lowest BCUT2D eigenvalue weighted by Gasteiger charge is -2.46. The lowest BCUT2D eigenvalue weighted by molar-refractivity contribution is 0.588. The van der Waals surface area contributed by atoms with Crippen LogP contribution in [0.4, 0.5) is 34.1 Å². The monoisotopic (exact) mass is 926 g/mol. The van der Waals surface area contributed by atoms with Gasteiger partial charge in [0.2, 0.25) is 0 Å². The van der Waals surface area contributed by atoms with E-state index in [0.29, 0.717) is 0 Å². The molecule has 0 amide bonds. The summed E-state index contributed by atoms with van der Waals surface area (Å²) in [6.45, 7) is 35.2. The van der Waals surface area contributed by atoms with Crippen LogP contribution in [0.3, 0.4) is 0 Å². The third kappa shape index (κ3) is 6.62. The number of fused-ring (bicyclic) bond motifs is 10. The van der Waals surface area contributed by atoms with Crippen molar-refractivity contribution in [3.8, 4) is 16.8 Å². The van der Waals surface area contributed by atoms with Crippen LogP contribution in [0.5, 0.6) is 0 Å². The van der Waals surface area contributed by atoms with E-state index in [4.69, 9.17) is 0 Å². The average molecular weight is 926 g/mol. The van der Waals surface area contributed by atoms with Crippen LogP contribution in [0, 0.1) is 27.7 Å². The molecular formula is C67H68BN3. The Labute approximate surface area is 423 Å². The van der Waals surface area contributed by atoms with E-state index in [1.165, 1.54) is 139 Å². The molecule has 0 N–H and O–H groups in total. The van der Waals surface area contributed by atoms with Crippen molar-refractivity contribution in [3.05, 3.63) is 190 Å². The highest BCUT2D eigenvalue weighted by atomic mass is 15.2. The maximum absolute atomic E-state index is 2.68. The molecule has 354 valence electrons. The molecule has 3 nitrogen and oxygen atoms in total. The van der Waals surface area contributed by atoms with Gasteiger partial charge in [-0.15, -0.1) is 0 Å². The summed E-state index contributed by atoms with van der Waals surface area (Å²) in [6, 6.07) is 54.8. The van der Waals surface area contributed by atoms with Gasteiger partial charge < -0.3 is 14.4 Å². The van der Waals surface area contributed by atoms with Crippen molar-refractivity contribution in [2.45, 2.75) is 126 Å². The Kier molecular flexibility index (Phi) is 9.66. The summed E-state index contributed by atoms with van der Waals surface area (Å²) in [7, 11) is 0. The number of para-hydroxylation sites is 2. The third-order valence-electron chi connectivity index (χ3n) is 16.7. The van der Waals surface area contributed by atoms with Crippen LogP contribution in [-0.2, 0) is 21.7 Å². The number of rotatable bonds is 3. The van der Waals surface area contributed by atoms with Crippen LogP contribution >= 0.6 is 0 Å². The summed E-state index contributed by atoms with van der Waals surface area (Å²) >= 11 is 0. The van der Waals surface area contributed by atoms with E-state index in [1.807, 2.05) is 0 Å². The van der Waals surface area contributed by atoms with E-state index in [0.717, 1.165) is 0 Å². The van der Waals surface area contributed by atoms with Crippen LogP contribution in [-0.4, -0.2) is 11.3 Å². The molecule has 2 aliphatic heterocycles. The first-order valence-electron chi connectivity index (χ1n) is 26.0. The molecule has 1 aromatic heterocycles. The van der Waals surface area contributed by atoms with Gasteiger partial charge in [-0.05, 0) is 164 Å². The number of nitrogens with zero attached hydrogens (tertiary/aromatic N) is 3. The van der Waals surface area contributed by atoms with Gasteiger partial charge in [0.25, 0.3) is 6.71 Å². The van der Waals surface area contributed by atoms with Crippen molar-refractivity contribution >= 4 is 79.0 Å². The first-order chi connectivity index (χ1) is 33.5. The minimum absolute atomic E-state index is 0.0199. The highest BCUT2D eigenvalue weighted by Gasteiger charge is 2.46. The van der Waals surface area contributed by atoms with E-state index in [2.05, 4.69) is 258 Å². The number of hydrogen-bond acceptors (Lipinski definition) is 2. The fourth-order valence-electron chi connectivity index (χ4n) is 12.8. The van der Waals surface area contributed by atoms with E-state index >= 15 is 0 Å². The van der Waals surface area contributed by atoms with E-state index in [1.54, 1.807) is 0 Å². The van der Waals surface area contributed by atoms with Crippen LogP contribution in [0.1, 0.15) is 126 Å². The Morgan fingerprint density at radius 3 is 1.66 bits per heavy atom. The Hall–Kier alpha value is -6.78. The highest BCUT2D eigenvalue weighted by molar-refractivity contribution is 7.00. The van der Waals surface area contributed by atoms with Gasteiger partial charge in [0.15, 0.2) is 0 Å². The van der Waals surface area contributed by atoms with Crippen molar-refractivity contribution in [1.82, 2.24) is 4.57 Å². The van der Waals surface area contributed by atoms with Gasteiger partial charge in [0.05, 0.1) is 22.4 Å². The molecule has 0 spiro atoms. The maximum Gasteiger partial charge on any atom is 0.252 e. The zero-order chi connectivity index (χ0) is 50.0. The fraction of sp³-hybridized carbons (Fsp3) is 0.284. The number of aryl methyl sites for hydroxylation is 4. The predicted octanol–water partition coefficient (Wildman–Crippen LogP) is 16.3. The van der Waals surface area contributed by atoms with Crippen molar-refractivity contribution < 1.29 is 0 Å². The highest BCUT2D eigenvalue weighted by Crippen LogP contribution is 2.53. The van der Waals surface area contributed by atoms with Crippen LogP contribution in [0.25, 0.3) is 38.6 Å². The topological polar surface area (TPSA) is 11.4 Å². The molecule has 0 fully saturated rings. The minimum Gasteiger partial charge on any atom is -0.311 e. The zero-order valence-electron chi connectivity index (χ0n) is 44.7. The van der Waals surface area contributed by atoms with Crippen molar-refractivity contribution in [2.75, 3.05) is 9.80 Å². The molecule has 12 rings (SSSR count). The number of hydrogen-bond donors (Lipinski definition) is 0. The van der Waals surface area contributed by atoms with Gasteiger partial charge in [-0.2, -0.15) is 0 Å². The second kappa shape index (κ2) is 15.1. The molecule has 0 saturated carbocycles. The van der Waals surface area contributed by atoms with Crippen molar-refractivity contribution in [2.24, 2.45) is 0 Å². The third-order valence-corrected chi connectivity index (χ3v) is 16.7. The molecule has 0 radical (unpaired) electrons. The molecule has 3 aliphatic rings. The van der Waals surface area contributed by atoms with Gasteiger partial charge in [0, 0.05) is 44.6 Å². The second-order valence-corrected chi connectivity index (χ2v) is 24.9. The zero-order valence-corrected chi connectivity index (χ0v) is 44.7. The summed E-state index contributed by atoms with van der Waals surface area (Å²) in [5.41, 5.74) is 29.5. The first kappa shape index (κ1) is 45.4. The minimum atomic E-state index is -0.163. The SMILES string of the molecule is Cc1cc(C(C)(C)C)cc(C)c1N1c2cc(C(C)(C)C)ccc2B2c3cc4c5ccccc5n(-c5c(C)cccc5C)c4cc3N(c3ccc4c(c3)C(C)(C)c3ccccc3-4)c3cc(C(C)(C)C)cc1c32. The lowest BCUT2D eigenvalue weighted by atomic mass is 9.33. The molecule has 4 heteroatoms. The molecule has 0 bridgehead atoms. The second-order valence-electron chi connectivity index (χ2n) is 24.9. The molecular weight excluding hydrogens is 858 g/mol. The van der Waals surface area contributed by atoms with Crippen molar-refractivity contribution in [1.29, 1.82) is 0 Å². The molecule has 71 heavy (non-hydrogen) atoms. The molecule has 0 unspecified atom stereocenters. The maximum atomic E-state index is 2.68. The Morgan fingerprint density at radius 2 is 0.986 bits per heavy atom. The van der Waals surface area contributed by atoms with E-state index in [-0.39, 0.29) is 28.4 Å². The lowest BCUT2D eigenvalue weighted by Crippen LogP contribution is -2.61. The molecule has 1 aliphatic carbocycles. The van der Waals surface area contributed by atoms with Gasteiger partial charge in [0.1, 0.15) is 0 Å². The Balaban J connectivity index is 1.25. The molecule has 9 aromatic rings. The smallest absolute Gasteiger partial charge is 0.252 e. The molecule has 0 saturated heterocycles. The average Bonchev–Trinajstić information content (AvgIpc) is 3.74. The first-order valence-corrected chi connectivity index (χ1v) is 26.0. The predicted molar refractivity (Wildman–Crippen MR) is 307 cm³/mol. The van der Waals surface area contributed by atoms with Crippen LogP contribution < -0.4 is 26.2 Å². The Bertz CT molecular complexity index is 3700. The standard InChI is InChI=1S/C67H68BN3/c1-39-21-20-22-40(2)62(39)70-55-26-19-17-24-49(55)50-37-54-58(38-56(50)70)69(46-28-29-48-47-23-16-18-25-51(47)67(14,15)52(48)36-46)59-34-45(66(11,12)13)35-60-61(59)68(54)53-30-27-43(64(5,6)7)33-57(53)71(60)63-41(3)31-44(32-42(63)4)65(8,9)10/h16-38H,1-15H3. The summed E-state index contributed by atoms with van der Waals surface area (Å²) in [4.78, 5) is 5.35. The van der Waals surface area contributed by atoms with Gasteiger partial charge in [-0.3, -0.25) is 0 Å². The van der Waals surface area contributed by atoms with E-state index in [9.17, 15) is 0 Å². The summed E-state index contributed by atoms with van der Waals surface area (Å²) < 4.78 is 2.56. The number of aromatic nitrogens is 1. The molecule has 3 heterocycles. The fourth-order valence-corrected chi connectivity index (χ4v) is 12.8.